The maximum absolute atomic E-state index is 12.9. The van der Waals surface area contributed by atoms with Crippen molar-refractivity contribution in [2.75, 3.05) is 26.4 Å². The van der Waals surface area contributed by atoms with Gasteiger partial charge in [-0.1, -0.05) is 199 Å². The van der Waals surface area contributed by atoms with Gasteiger partial charge in [-0.15, -0.1) is 0 Å². The molecule has 0 aliphatic rings. The molecule has 11 nitrogen and oxygen atoms in total. The molecule has 428 valence electrons. The van der Waals surface area contributed by atoms with Crippen molar-refractivity contribution in [3.63, 3.8) is 0 Å². The van der Waals surface area contributed by atoms with Crippen LogP contribution in [-0.2, 0) is 42.2 Å². The van der Waals surface area contributed by atoms with Crippen LogP contribution in [0, 0.1) is 0 Å². The predicted molar refractivity (Wildman–Crippen MR) is 316 cm³/mol. The lowest BCUT2D eigenvalue weighted by Crippen LogP contribution is -2.30. The summed E-state index contributed by atoms with van der Waals surface area (Å²) in [6.45, 7) is 4.17. The second kappa shape index (κ2) is 56.6. The van der Waals surface area contributed by atoms with Gasteiger partial charge in [0.15, 0.2) is 6.10 Å². The summed E-state index contributed by atoms with van der Waals surface area (Å²) in [4.78, 5) is 48.5. The van der Waals surface area contributed by atoms with Crippen LogP contribution in [0.3, 0.4) is 0 Å². The Bertz CT molecular complexity index is 1830. The van der Waals surface area contributed by atoms with Gasteiger partial charge in [-0.25, -0.2) is 4.57 Å². The topological polar surface area (TPSA) is 155 Å². The summed E-state index contributed by atoms with van der Waals surface area (Å²) in [5.74, 6) is -1.60. The highest BCUT2D eigenvalue weighted by atomic mass is 31.2. The van der Waals surface area contributed by atoms with Gasteiger partial charge in [0.25, 0.3) is 0 Å². The van der Waals surface area contributed by atoms with E-state index >= 15 is 0 Å². The number of phosphoric ester groups is 1. The zero-order valence-electron chi connectivity index (χ0n) is 47.2. The summed E-state index contributed by atoms with van der Waals surface area (Å²) >= 11 is 0. The average Bonchev–Trinajstić information content (AvgIpc) is 3.41. The first kappa shape index (κ1) is 71.4. The lowest BCUT2D eigenvalue weighted by atomic mass is 10.1. The molecule has 0 amide bonds. The third-order valence-electron chi connectivity index (χ3n) is 11.2. The Morgan fingerprint density at radius 3 is 1.04 bits per heavy atom. The maximum atomic E-state index is 12.9. The zero-order chi connectivity index (χ0) is 55.5. The smallest absolute Gasteiger partial charge is 0.462 e. The molecular formula is C64H101O11P. The number of unbranched alkanes of at least 4 members (excludes halogenated alkanes) is 10. The SMILES string of the molecule is CC/C=C\C/C=C\C/C=C\C/C=C\C/C=C\CCCC(=O)OC(COC(=O)CCCCCC/C=C\C/C=C\C/C=C\C/C=C\CC)COP(=O)(O)OCC(CO)OC(=O)CCCCCCC/C=C\C/C=C\C/C=C\CC. The molecule has 0 radical (unpaired) electrons. The molecule has 0 fully saturated rings. The van der Waals surface area contributed by atoms with Crippen LogP contribution >= 0.6 is 7.82 Å². The number of aliphatic hydroxyl groups is 1. The number of allylic oxidation sites excluding steroid dienone is 24. The standard InChI is InChI=1S/C64H101O11P/c1-4-7-10-13-16-19-22-25-28-30-33-35-38-41-44-47-50-53-62(66)71-57-61(75-64(68)55-52-49-46-43-40-37-34-31-29-26-23-20-17-14-11-8-5-2)59-73-76(69,70)72-58-60(56-65)74-63(67)54-51-48-45-42-39-36-32-27-24-21-18-15-12-9-6-3/h7-12,16-21,25-29,32-35,37,43,46,60-61,65H,4-6,13-15,22-24,30-31,36,38-42,44-45,47-59H2,1-3H3,(H,69,70)/b10-7-,11-8-,12-9-,19-16-,20-17-,21-18-,28-25-,29-26-,32-27-,35-33-,37-34-,46-43-. The van der Waals surface area contributed by atoms with Crippen LogP contribution in [0.2, 0.25) is 0 Å². The third-order valence-corrected chi connectivity index (χ3v) is 12.2. The van der Waals surface area contributed by atoms with Gasteiger partial charge in [0, 0.05) is 19.3 Å². The van der Waals surface area contributed by atoms with E-state index in [2.05, 4.69) is 154 Å². The van der Waals surface area contributed by atoms with Crippen LogP contribution < -0.4 is 0 Å². The van der Waals surface area contributed by atoms with Crippen molar-refractivity contribution in [1.82, 2.24) is 0 Å². The number of hydrogen-bond donors (Lipinski definition) is 2. The molecule has 0 rings (SSSR count). The van der Waals surface area contributed by atoms with Crippen LogP contribution in [0.1, 0.15) is 201 Å². The fraction of sp³-hybridized carbons (Fsp3) is 0.578. The fourth-order valence-electron chi connectivity index (χ4n) is 6.98. The van der Waals surface area contributed by atoms with Crippen molar-refractivity contribution in [1.29, 1.82) is 0 Å². The highest BCUT2D eigenvalue weighted by Gasteiger charge is 2.28. The van der Waals surface area contributed by atoms with Crippen LogP contribution in [0.5, 0.6) is 0 Å². The summed E-state index contributed by atoms with van der Waals surface area (Å²) < 4.78 is 39.4. The van der Waals surface area contributed by atoms with Crippen LogP contribution in [0.4, 0.5) is 0 Å². The molecule has 12 heteroatoms. The highest BCUT2D eigenvalue weighted by molar-refractivity contribution is 7.47. The van der Waals surface area contributed by atoms with E-state index in [1.54, 1.807) is 0 Å². The van der Waals surface area contributed by atoms with Crippen molar-refractivity contribution < 1.29 is 52.2 Å². The van der Waals surface area contributed by atoms with E-state index in [-0.39, 0.29) is 25.9 Å². The van der Waals surface area contributed by atoms with Crippen molar-refractivity contribution in [2.24, 2.45) is 0 Å². The van der Waals surface area contributed by atoms with Crippen LogP contribution in [-0.4, -0.2) is 66.5 Å². The van der Waals surface area contributed by atoms with Gasteiger partial charge < -0.3 is 24.2 Å². The van der Waals surface area contributed by atoms with E-state index in [9.17, 15) is 28.9 Å². The number of ether oxygens (including phenoxy) is 3. The van der Waals surface area contributed by atoms with Gasteiger partial charge >= 0.3 is 25.7 Å². The molecule has 0 saturated heterocycles. The maximum Gasteiger partial charge on any atom is 0.472 e. The predicted octanol–water partition coefficient (Wildman–Crippen LogP) is 17.1. The molecule has 0 aromatic rings. The molecule has 2 N–H and O–H groups in total. The lowest BCUT2D eigenvalue weighted by molar-refractivity contribution is -0.161. The van der Waals surface area contributed by atoms with Crippen molar-refractivity contribution in [3.05, 3.63) is 146 Å². The first-order chi connectivity index (χ1) is 37.2. The molecule has 0 aromatic carbocycles. The Morgan fingerprint density at radius 2 is 0.658 bits per heavy atom. The normalized spacial score (nSPS) is 14.4. The second-order valence-corrected chi connectivity index (χ2v) is 19.8. The summed E-state index contributed by atoms with van der Waals surface area (Å²) in [5, 5.41) is 9.82. The quantitative estimate of drug-likeness (QED) is 0.0197. The van der Waals surface area contributed by atoms with Gasteiger partial charge in [-0.05, 0) is 128 Å². The largest absolute Gasteiger partial charge is 0.472 e. The van der Waals surface area contributed by atoms with E-state index in [1.807, 2.05) is 12.2 Å². The number of phosphoric acid groups is 1. The molecule has 3 atom stereocenters. The molecule has 76 heavy (non-hydrogen) atoms. The van der Waals surface area contributed by atoms with Crippen LogP contribution in [0.15, 0.2) is 146 Å². The summed E-state index contributed by atoms with van der Waals surface area (Å²) in [6.07, 6.45) is 72.4. The van der Waals surface area contributed by atoms with E-state index in [4.69, 9.17) is 23.3 Å². The van der Waals surface area contributed by atoms with Crippen LogP contribution in [0.25, 0.3) is 0 Å². The number of carbonyl (C=O) groups is 3. The van der Waals surface area contributed by atoms with Crippen molar-refractivity contribution in [2.45, 2.75) is 213 Å². The molecule has 0 bridgehead atoms. The van der Waals surface area contributed by atoms with E-state index in [0.717, 1.165) is 135 Å². The number of carbonyl (C=O) groups excluding carboxylic acids is 3. The van der Waals surface area contributed by atoms with Gasteiger partial charge in [-0.2, -0.15) is 0 Å². The Morgan fingerprint density at radius 1 is 0.368 bits per heavy atom. The first-order valence-corrected chi connectivity index (χ1v) is 30.2. The van der Waals surface area contributed by atoms with E-state index in [0.29, 0.717) is 25.7 Å². The second-order valence-electron chi connectivity index (χ2n) is 18.3. The minimum absolute atomic E-state index is 0.0736. The molecule has 3 unspecified atom stereocenters. The zero-order valence-corrected chi connectivity index (χ0v) is 48.0. The molecule has 0 heterocycles. The average molecular weight is 1080 g/mol. The van der Waals surface area contributed by atoms with Gasteiger partial charge in [0.1, 0.15) is 12.7 Å². The molecule has 0 saturated carbocycles. The van der Waals surface area contributed by atoms with Gasteiger partial charge in [0.05, 0.1) is 19.8 Å². The minimum Gasteiger partial charge on any atom is -0.462 e. The Kier molecular flexibility index (Phi) is 53.1. The summed E-state index contributed by atoms with van der Waals surface area (Å²) in [7, 11) is -4.79. The number of esters is 3. The summed E-state index contributed by atoms with van der Waals surface area (Å²) in [6, 6.07) is 0. The molecular weight excluding hydrogens is 976 g/mol. The Hall–Kier alpha value is -4.64. The van der Waals surface area contributed by atoms with Gasteiger partial charge in [0.2, 0.25) is 0 Å². The Labute approximate surface area is 461 Å². The number of rotatable bonds is 51. The van der Waals surface area contributed by atoms with E-state index < -0.39 is 57.8 Å². The summed E-state index contributed by atoms with van der Waals surface area (Å²) in [5.41, 5.74) is 0. The van der Waals surface area contributed by atoms with E-state index in [1.165, 1.54) is 0 Å². The molecule has 0 aromatic heterocycles. The molecule has 0 aliphatic heterocycles. The third kappa shape index (κ3) is 54.2. The molecule has 0 aliphatic carbocycles. The first-order valence-electron chi connectivity index (χ1n) is 28.7. The highest BCUT2D eigenvalue weighted by Crippen LogP contribution is 2.43. The van der Waals surface area contributed by atoms with Crippen molar-refractivity contribution >= 4 is 25.7 Å². The lowest BCUT2D eigenvalue weighted by Gasteiger charge is -2.21. The monoisotopic (exact) mass is 1080 g/mol. The Balaban J connectivity index is 4.89. The number of hydrogen-bond acceptors (Lipinski definition) is 10. The van der Waals surface area contributed by atoms with Crippen molar-refractivity contribution in [3.8, 4) is 0 Å². The number of aliphatic hydroxyl groups excluding tert-OH is 1. The minimum atomic E-state index is -4.79. The van der Waals surface area contributed by atoms with Gasteiger partial charge in [-0.3, -0.25) is 23.4 Å². The molecule has 0 spiro atoms. The fourth-order valence-corrected chi connectivity index (χ4v) is 7.77.